The normalized spacial score (nSPS) is 14.8. The summed E-state index contributed by atoms with van der Waals surface area (Å²) < 4.78 is 12.3. The average molecular weight is 371 g/mol. The largest absolute Gasteiger partial charge is 0.853 e. The van der Waals surface area contributed by atoms with Crippen LogP contribution in [0.5, 0.6) is 11.5 Å². The van der Waals surface area contributed by atoms with Gasteiger partial charge in [0.2, 0.25) is 0 Å². The molecular formula is C23H22AlNO2. The minimum absolute atomic E-state index is 0.297. The van der Waals surface area contributed by atoms with Gasteiger partial charge in [-0.15, -0.1) is 0 Å². The highest BCUT2D eigenvalue weighted by Gasteiger charge is 2.26. The summed E-state index contributed by atoms with van der Waals surface area (Å²) in [5, 5.41) is 3.48. The first kappa shape index (κ1) is 17.7. The summed E-state index contributed by atoms with van der Waals surface area (Å²) >= 11 is -1.88. The molecule has 0 saturated heterocycles. The summed E-state index contributed by atoms with van der Waals surface area (Å²) in [7, 11) is 0. The van der Waals surface area contributed by atoms with Gasteiger partial charge in [0.1, 0.15) is 5.75 Å². The first-order valence-corrected chi connectivity index (χ1v) is 11.4. The number of rotatable bonds is 5. The molecule has 4 rings (SSSR count). The lowest BCUT2D eigenvalue weighted by atomic mass is 10.1. The number of hydrogen-bond acceptors (Lipinski definition) is 3. The molecule has 1 aliphatic heterocycles. The fraction of sp³-hybridized carbons (Fsp3) is 0.130. The van der Waals surface area contributed by atoms with Crippen molar-refractivity contribution in [1.82, 2.24) is 0 Å². The van der Waals surface area contributed by atoms with E-state index in [-0.39, 0.29) is 0 Å². The van der Waals surface area contributed by atoms with E-state index in [4.69, 9.17) is 7.58 Å². The highest BCUT2D eigenvalue weighted by atomic mass is 27.2. The molecule has 134 valence electrons. The summed E-state index contributed by atoms with van der Waals surface area (Å²) in [5.74, 6) is 3.76. The summed E-state index contributed by atoms with van der Waals surface area (Å²) in [5.41, 5.74) is 4.59. The zero-order valence-electron chi connectivity index (χ0n) is 15.6. The Balaban J connectivity index is 1.45. The molecule has 1 atom stereocenters. The van der Waals surface area contributed by atoms with Crippen LogP contribution in [-0.2, 0) is 0 Å². The predicted octanol–water partition coefficient (Wildman–Crippen LogP) is 5.76. The lowest BCUT2D eigenvalue weighted by Gasteiger charge is -2.23. The maximum atomic E-state index is 6.20. The van der Waals surface area contributed by atoms with Gasteiger partial charge in [0.05, 0.1) is 11.4 Å². The van der Waals surface area contributed by atoms with Gasteiger partial charge in [-0.05, 0) is 42.0 Å². The Labute approximate surface area is 165 Å². The van der Waals surface area contributed by atoms with Crippen molar-refractivity contribution in [2.24, 2.45) is 0 Å². The minimum Gasteiger partial charge on any atom is -0.612 e. The quantitative estimate of drug-likeness (QED) is 0.579. The van der Waals surface area contributed by atoms with E-state index in [1.165, 1.54) is 11.1 Å². The van der Waals surface area contributed by atoms with Crippen molar-refractivity contribution in [3.63, 3.8) is 0 Å². The van der Waals surface area contributed by atoms with Crippen LogP contribution < -0.4 is 12.9 Å². The smallest absolute Gasteiger partial charge is 0.612 e. The molecule has 0 aliphatic carbocycles. The summed E-state index contributed by atoms with van der Waals surface area (Å²) in [6.07, 6.45) is 4.29. The second-order valence-electron chi connectivity index (χ2n) is 6.71. The molecule has 1 N–H and O–H groups in total. The Kier molecular flexibility index (Phi) is 5.20. The molecule has 0 radical (unpaired) electrons. The third-order valence-electron chi connectivity index (χ3n) is 4.55. The van der Waals surface area contributed by atoms with E-state index in [0.717, 1.165) is 22.7 Å². The molecule has 0 amide bonds. The predicted molar refractivity (Wildman–Crippen MR) is 113 cm³/mol. The molecule has 1 aliphatic rings. The molecule has 0 saturated carbocycles. The van der Waals surface area contributed by atoms with Crippen LogP contribution in [-0.4, -0.2) is 20.9 Å². The van der Waals surface area contributed by atoms with Crippen LogP contribution in [0.1, 0.15) is 12.5 Å². The van der Waals surface area contributed by atoms with E-state index < -0.39 is 14.8 Å². The van der Waals surface area contributed by atoms with Gasteiger partial charge >= 0.3 is 14.8 Å². The Morgan fingerprint density at radius 3 is 2.33 bits per heavy atom. The van der Waals surface area contributed by atoms with Crippen LogP contribution in [0.3, 0.4) is 0 Å². The summed E-state index contributed by atoms with van der Waals surface area (Å²) in [6, 6.07) is 25.0. The minimum atomic E-state index is -1.88. The lowest BCUT2D eigenvalue weighted by Crippen LogP contribution is -2.27. The SMILES string of the molecule is CC1C=Cc2cccc([O][Al]([CH3])[O]c3ccc(-c4ccccc4)cc3)c2N1. The molecule has 0 spiro atoms. The average Bonchev–Trinajstić information content (AvgIpc) is 2.70. The lowest BCUT2D eigenvalue weighted by molar-refractivity contribution is 0.432. The Morgan fingerprint density at radius 2 is 1.56 bits per heavy atom. The van der Waals surface area contributed by atoms with Crippen molar-refractivity contribution in [3.8, 4) is 22.6 Å². The second kappa shape index (κ2) is 7.92. The van der Waals surface area contributed by atoms with Crippen molar-refractivity contribution >= 4 is 26.6 Å². The van der Waals surface area contributed by atoms with Crippen molar-refractivity contribution in [2.75, 3.05) is 5.32 Å². The molecule has 27 heavy (non-hydrogen) atoms. The topological polar surface area (TPSA) is 30.5 Å². The van der Waals surface area contributed by atoms with Crippen LogP contribution in [0.15, 0.2) is 78.9 Å². The first-order valence-electron chi connectivity index (χ1n) is 9.25. The van der Waals surface area contributed by atoms with E-state index >= 15 is 0 Å². The monoisotopic (exact) mass is 371 g/mol. The fourth-order valence-corrected chi connectivity index (χ4v) is 4.36. The van der Waals surface area contributed by atoms with Crippen molar-refractivity contribution in [2.45, 2.75) is 18.8 Å². The van der Waals surface area contributed by atoms with Crippen molar-refractivity contribution in [1.29, 1.82) is 0 Å². The van der Waals surface area contributed by atoms with Gasteiger partial charge in [0, 0.05) is 11.6 Å². The summed E-state index contributed by atoms with van der Waals surface area (Å²) in [4.78, 5) is 0. The zero-order chi connectivity index (χ0) is 18.6. The number of anilines is 1. The van der Waals surface area contributed by atoms with Crippen molar-refractivity contribution in [3.05, 3.63) is 84.4 Å². The van der Waals surface area contributed by atoms with Gasteiger partial charge < -0.3 is 12.9 Å². The Hall–Kier alpha value is -2.67. The molecule has 3 aromatic rings. The van der Waals surface area contributed by atoms with Gasteiger partial charge in [0.15, 0.2) is 0 Å². The second-order valence-corrected chi connectivity index (χ2v) is 8.31. The number of nitrogens with one attached hydrogen (secondary N) is 1. The third kappa shape index (κ3) is 4.19. The van der Waals surface area contributed by atoms with Crippen LogP contribution in [0.2, 0.25) is 5.79 Å². The van der Waals surface area contributed by atoms with E-state index in [2.05, 4.69) is 54.7 Å². The number of fused-ring (bicyclic) bond motifs is 1. The van der Waals surface area contributed by atoms with E-state index in [9.17, 15) is 0 Å². The van der Waals surface area contributed by atoms with Gasteiger partial charge in [-0.3, -0.25) is 0 Å². The molecule has 4 heteroatoms. The molecule has 0 bridgehead atoms. The molecule has 3 aromatic carbocycles. The standard InChI is InChI=1S/C12H10O.C10H11NO.CH3.Al/c13-12-8-6-11(7-9-12)10-4-2-1-3-5-10;1-7-5-6-8-3-2-4-9(12)10(8)11-7;;/h1-9,13H;2-7,11-12H,1H3;1H3;/q;;;+2/p-2. The first-order chi connectivity index (χ1) is 13.2. The van der Waals surface area contributed by atoms with E-state index in [1.807, 2.05) is 48.3 Å². The summed E-state index contributed by atoms with van der Waals surface area (Å²) in [6.45, 7) is 2.13. The van der Waals surface area contributed by atoms with Crippen LogP contribution in [0.25, 0.3) is 17.2 Å². The molecule has 0 aromatic heterocycles. The van der Waals surface area contributed by atoms with Crippen molar-refractivity contribution < 1.29 is 7.58 Å². The molecule has 0 fully saturated rings. The molecule has 3 nitrogen and oxygen atoms in total. The number of benzene rings is 3. The highest BCUT2D eigenvalue weighted by molar-refractivity contribution is 6.44. The van der Waals surface area contributed by atoms with E-state index in [0.29, 0.717) is 6.04 Å². The highest BCUT2D eigenvalue weighted by Crippen LogP contribution is 2.33. The molecular weight excluding hydrogens is 349 g/mol. The van der Waals surface area contributed by atoms with Crippen LogP contribution >= 0.6 is 0 Å². The fourth-order valence-electron chi connectivity index (χ4n) is 3.21. The Bertz CT molecular complexity index is 938. The van der Waals surface area contributed by atoms with Crippen LogP contribution in [0.4, 0.5) is 5.69 Å². The molecule has 1 heterocycles. The van der Waals surface area contributed by atoms with Gasteiger partial charge in [-0.2, -0.15) is 0 Å². The maximum Gasteiger partial charge on any atom is 0.853 e. The number of hydrogen-bond donors (Lipinski definition) is 1. The third-order valence-corrected chi connectivity index (χ3v) is 5.74. The van der Waals surface area contributed by atoms with E-state index in [1.54, 1.807) is 0 Å². The van der Waals surface area contributed by atoms with Gasteiger partial charge in [-0.25, -0.2) is 0 Å². The Morgan fingerprint density at radius 1 is 0.815 bits per heavy atom. The van der Waals surface area contributed by atoms with Gasteiger partial charge in [-0.1, -0.05) is 66.7 Å². The number of para-hydroxylation sites is 1. The zero-order valence-corrected chi connectivity index (χ0v) is 16.7. The molecule has 1 unspecified atom stereocenters. The van der Waals surface area contributed by atoms with Crippen LogP contribution in [0, 0.1) is 0 Å². The van der Waals surface area contributed by atoms with Gasteiger partial charge in [0.25, 0.3) is 0 Å². The maximum absolute atomic E-state index is 6.20.